The third-order valence-corrected chi connectivity index (χ3v) is 2.47. The molecule has 1 aliphatic rings. The fraction of sp³-hybridized carbons (Fsp3) is 0.364. The minimum Gasteiger partial charge on any atom is -0.313 e. The Labute approximate surface area is 82.3 Å². The maximum absolute atomic E-state index is 13.3. The number of anilines is 1. The molecule has 0 aliphatic heterocycles. The van der Waals surface area contributed by atoms with E-state index in [1.807, 2.05) is 0 Å². The monoisotopic (exact) mass is 193 g/mol. The summed E-state index contributed by atoms with van der Waals surface area (Å²) < 4.78 is 13.3. The van der Waals surface area contributed by atoms with Crippen LogP contribution in [0.25, 0.3) is 0 Å². The van der Waals surface area contributed by atoms with Gasteiger partial charge >= 0.3 is 0 Å². The molecule has 1 aliphatic carbocycles. The predicted octanol–water partition coefficient (Wildman–Crippen LogP) is 2.20. The van der Waals surface area contributed by atoms with Gasteiger partial charge in [-0.25, -0.2) is 4.39 Å². The van der Waals surface area contributed by atoms with E-state index < -0.39 is 0 Å². The molecule has 0 saturated heterocycles. The van der Waals surface area contributed by atoms with Gasteiger partial charge in [-0.1, -0.05) is 12.1 Å². The van der Waals surface area contributed by atoms with Crippen LogP contribution in [0.15, 0.2) is 24.3 Å². The highest BCUT2D eigenvalue weighted by Crippen LogP contribution is 2.32. The van der Waals surface area contributed by atoms with Crippen molar-refractivity contribution in [1.82, 2.24) is 0 Å². The van der Waals surface area contributed by atoms with E-state index in [1.54, 1.807) is 25.2 Å². The van der Waals surface area contributed by atoms with Gasteiger partial charge in [0.1, 0.15) is 5.82 Å². The van der Waals surface area contributed by atoms with E-state index in [1.165, 1.54) is 11.0 Å². The van der Waals surface area contributed by atoms with Crippen LogP contribution in [-0.4, -0.2) is 13.0 Å². The van der Waals surface area contributed by atoms with Crippen LogP contribution in [0, 0.1) is 11.7 Å². The van der Waals surface area contributed by atoms with E-state index in [0.717, 1.165) is 12.8 Å². The first-order chi connectivity index (χ1) is 6.70. The van der Waals surface area contributed by atoms with Crippen LogP contribution >= 0.6 is 0 Å². The molecule has 0 radical (unpaired) electrons. The maximum atomic E-state index is 13.3. The molecule has 0 bridgehead atoms. The van der Waals surface area contributed by atoms with Crippen molar-refractivity contribution < 1.29 is 9.18 Å². The molecular formula is C11H12FNO. The van der Waals surface area contributed by atoms with Crippen molar-refractivity contribution in [2.75, 3.05) is 11.9 Å². The van der Waals surface area contributed by atoms with Crippen LogP contribution in [-0.2, 0) is 4.79 Å². The van der Waals surface area contributed by atoms with E-state index in [0.29, 0.717) is 5.69 Å². The molecule has 0 unspecified atom stereocenters. The Hall–Kier alpha value is -1.38. The number of hydrogen-bond donors (Lipinski definition) is 0. The number of hydrogen-bond acceptors (Lipinski definition) is 1. The fourth-order valence-electron chi connectivity index (χ4n) is 1.45. The van der Waals surface area contributed by atoms with E-state index >= 15 is 0 Å². The first-order valence-electron chi connectivity index (χ1n) is 4.72. The summed E-state index contributed by atoms with van der Waals surface area (Å²) in [7, 11) is 1.62. The summed E-state index contributed by atoms with van der Waals surface area (Å²) in [6.07, 6.45) is 1.88. The topological polar surface area (TPSA) is 20.3 Å². The first-order valence-corrected chi connectivity index (χ1v) is 4.72. The van der Waals surface area contributed by atoms with Gasteiger partial charge in [0.15, 0.2) is 0 Å². The predicted molar refractivity (Wildman–Crippen MR) is 52.5 cm³/mol. The Morgan fingerprint density at radius 3 is 2.64 bits per heavy atom. The van der Waals surface area contributed by atoms with Crippen LogP contribution in [0.4, 0.5) is 10.1 Å². The molecule has 1 saturated carbocycles. The molecule has 0 N–H and O–H groups in total. The second kappa shape index (κ2) is 3.40. The van der Waals surface area contributed by atoms with E-state index in [4.69, 9.17) is 0 Å². The largest absolute Gasteiger partial charge is 0.313 e. The molecule has 2 rings (SSSR count). The zero-order valence-electron chi connectivity index (χ0n) is 8.03. The highest BCUT2D eigenvalue weighted by Gasteiger charge is 2.33. The number of benzene rings is 1. The lowest BCUT2D eigenvalue weighted by atomic mass is 10.2. The van der Waals surface area contributed by atoms with Gasteiger partial charge in [0.2, 0.25) is 5.91 Å². The lowest BCUT2D eigenvalue weighted by Crippen LogP contribution is -2.28. The molecule has 0 heterocycles. The van der Waals surface area contributed by atoms with E-state index in [9.17, 15) is 9.18 Å². The van der Waals surface area contributed by atoms with Crippen molar-refractivity contribution in [2.24, 2.45) is 5.92 Å². The summed E-state index contributed by atoms with van der Waals surface area (Å²) in [5.41, 5.74) is 0.365. The van der Waals surface area contributed by atoms with Crippen molar-refractivity contribution in [3.63, 3.8) is 0 Å². The van der Waals surface area contributed by atoms with Gasteiger partial charge in [-0.3, -0.25) is 4.79 Å². The molecule has 3 heteroatoms. The minimum absolute atomic E-state index is 0.0232. The zero-order chi connectivity index (χ0) is 10.1. The molecule has 1 amide bonds. The molecule has 0 aromatic heterocycles. The molecule has 1 fully saturated rings. The Morgan fingerprint density at radius 2 is 2.07 bits per heavy atom. The third kappa shape index (κ3) is 1.62. The van der Waals surface area contributed by atoms with Crippen LogP contribution < -0.4 is 4.90 Å². The number of rotatable bonds is 2. The van der Waals surface area contributed by atoms with E-state index in [2.05, 4.69) is 0 Å². The Balaban J connectivity index is 2.21. The van der Waals surface area contributed by atoms with Crippen LogP contribution in [0.1, 0.15) is 12.8 Å². The van der Waals surface area contributed by atoms with Gasteiger partial charge in [-0.2, -0.15) is 0 Å². The summed E-state index contributed by atoms with van der Waals surface area (Å²) in [6, 6.07) is 6.34. The number of para-hydroxylation sites is 1. The number of halogens is 1. The summed E-state index contributed by atoms with van der Waals surface area (Å²) in [5.74, 6) is -0.196. The second-order valence-corrected chi connectivity index (χ2v) is 3.62. The molecule has 0 spiro atoms. The van der Waals surface area contributed by atoms with Crippen molar-refractivity contribution >= 4 is 11.6 Å². The lowest BCUT2D eigenvalue weighted by Gasteiger charge is -2.17. The SMILES string of the molecule is CN(C(=O)C1CC1)c1ccccc1F. The van der Waals surface area contributed by atoms with Gasteiger partial charge < -0.3 is 4.90 Å². The summed E-state index contributed by atoms with van der Waals surface area (Å²) in [4.78, 5) is 13.0. The lowest BCUT2D eigenvalue weighted by molar-refractivity contribution is -0.119. The Bertz CT molecular complexity index is 360. The van der Waals surface area contributed by atoms with Crippen LogP contribution in [0.5, 0.6) is 0 Å². The summed E-state index contributed by atoms with van der Waals surface area (Å²) in [6.45, 7) is 0. The maximum Gasteiger partial charge on any atom is 0.229 e. The number of carbonyl (C=O) groups excluding carboxylic acids is 1. The molecule has 74 valence electrons. The summed E-state index contributed by atoms with van der Waals surface area (Å²) in [5, 5.41) is 0. The second-order valence-electron chi connectivity index (χ2n) is 3.62. The van der Waals surface area contributed by atoms with Crippen molar-refractivity contribution in [1.29, 1.82) is 0 Å². The van der Waals surface area contributed by atoms with Crippen molar-refractivity contribution in [3.8, 4) is 0 Å². The smallest absolute Gasteiger partial charge is 0.229 e. The highest BCUT2D eigenvalue weighted by atomic mass is 19.1. The van der Waals surface area contributed by atoms with Crippen molar-refractivity contribution in [2.45, 2.75) is 12.8 Å². The highest BCUT2D eigenvalue weighted by molar-refractivity contribution is 5.95. The molecule has 2 nitrogen and oxygen atoms in total. The first kappa shape index (κ1) is 9.19. The number of amides is 1. The molecular weight excluding hydrogens is 181 g/mol. The average molecular weight is 193 g/mol. The van der Waals surface area contributed by atoms with Crippen LogP contribution in [0.3, 0.4) is 0 Å². The minimum atomic E-state index is -0.344. The zero-order valence-corrected chi connectivity index (χ0v) is 8.03. The molecule has 1 aromatic rings. The molecule has 0 atom stereocenters. The molecule has 1 aromatic carbocycles. The molecule has 14 heavy (non-hydrogen) atoms. The Morgan fingerprint density at radius 1 is 1.43 bits per heavy atom. The standard InChI is InChI=1S/C11H12FNO/c1-13(11(14)8-6-7-8)10-5-3-2-4-9(10)12/h2-5,8H,6-7H2,1H3. The average Bonchev–Trinajstić information content (AvgIpc) is 3.00. The van der Waals surface area contributed by atoms with E-state index in [-0.39, 0.29) is 17.6 Å². The third-order valence-electron chi connectivity index (χ3n) is 2.47. The van der Waals surface area contributed by atoms with Gasteiger partial charge in [0.05, 0.1) is 5.69 Å². The number of nitrogens with zero attached hydrogens (tertiary/aromatic N) is 1. The Kier molecular flexibility index (Phi) is 2.23. The van der Waals surface area contributed by atoms with Gasteiger partial charge in [-0.05, 0) is 25.0 Å². The van der Waals surface area contributed by atoms with Gasteiger partial charge in [-0.15, -0.1) is 0 Å². The van der Waals surface area contributed by atoms with Crippen LogP contribution in [0.2, 0.25) is 0 Å². The summed E-state index contributed by atoms with van der Waals surface area (Å²) >= 11 is 0. The van der Waals surface area contributed by atoms with Gasteiger partial charge in [0, 0.05) is 13.0 Å². The normalized spacial score (nSPS) is 15.3. The van der Waals surface area contributed by atoms with Crippen molar-refractivity contribution in [3.05, 3.63) is 30.1 Å². The quantitative estimate of drug-likeness (QED) is 0.705. The number of carbonyl (C=O) groups is 1. The van der Waals surface area contributed by atoms with Gasteiger partial charge in [0.25, 0.3) is 0 Å². The fourth-order valence-corrected chi connectivity index (χ4v) is 1.45.